The Hall–Kier alpha value is -1.96. The smallest absolute Gasteiger partial charge is 0.365 e. The van der Waals surface area contributed by atoms with E-state index in [4.69, 9.17) is 17.3 Å². The molecule has 0 unspecified atom stereocenters. The molecule has 8 nitrogen and oxygen atoms in total. The highest BCUT2D eigenvalue weighted by Crippen LogP contribution is 2.02. The summed E-state index contributed by atoms with van der Waals surface area (Å²) in [5.74, 6) is -0.720. The van der Waals surface area contributed by atoms with Gasteiger partial charge in [-0.3, -0.25) is 4.79 Å². The second-order valence-electron chi connectivity index (χ2n) is 2.65. The molecule has 0 fully saturated rings. The van der Waals surface area contributed by atoms with E-state index in [0.29, 0.717) is 0 Å². The number of nitrogens with zero attached hydrogens (tertiary/aromatic N) is 5. The average Bonchev–Trinajstić information content (AvgIpc) is 2.62. The lowest BCUT2D eigenvalue weighted by Crippen LogP contribution is -2.30. The third-order valence-electron chi connectivity index (χ3n) is 1.77. The summed E-state index contributed by atoms with van der Waals surface area (Å²) in [5, 5.41) is 10.8. The Balaban J connectivity index is 2.82. The van der Waals surface area contributed by atoms with Gasteiger partial charge in [-0.05, 0) is 0 Å². The van der Waals surface area contributed by atoms with Gasteiger partial charge in [0.15, 0.2) is 5.65 Å². The van der Waals surface area contributed by atoms with E-state index >= 15 is 0 Å². The van der Waals surface area contributed by atoms with E-state index in [2.05, 4.69) is 15.4 Å². The van der Waals surface area contributed by atoms with Gasteiger partial charge in [0.05, 0.1) is 6.20 Å². The molecule has 0 atom stereocenters. The van der Waals surface area contributed by atoms with Gasteiger partial charge in [0, 0.05) is 0 Å². The van der Waals surface area contributed by atoms with Crippen LogP contribution >= 0.6 is 11.6 Å². The number of alkyl halides is 1. The number of amides is 1. The minimum atomic E-state index is -0.720. The summed E-state index contributed by atoms with van der Waals surface area (Å²) < 4.78 is 1.81. The van der Waals surface area contributed by atoms with Crippen molar-refractivity contribution < 1.29 is 4.79 Å². The number of aromatic nitrogens is 5. The van der Waals surface area contributed by atoms with Crippen molar-refractivity contribution in [1.82, 2.24) is 24.6 Å². The fourth-order valence-electron chi connectivity index (χ4n) is 1.07. The van der Waals surface area contributed by atoms with E-state index in [-0.39, 0.29) is 17.2 Å². The highest BCUT2D eigenvalue weighted by atomic mass is 35.5. The number of rotatable bonds is 2. The number of primary amides is 1. The maximum atomic E-state index is 11.5. The predicted octanol–water partition coefficient (Wildman–Crippen LogP) is -1.42. The molecule has 0 bridgehead atoms. The molecule has 2 N–H and O–H groups in total. The first-order chi connectivity index (χ1) is 7.15. The molecule has 2 aromatic heterocycles. The molecule has 0 aliphatic heterocycles. The predicted molar refractivity (Wildman–Crippen MR) is 49.4 cm³/mol. The number of carbonyl (C=O) groups excluding carboxylic acids is 1. The van der Waals surface area contributed by atoms with Crippen LogP contribution in [0, 0.1) is 0 Å². The van der Waals surface area contributed by atoms with Crippen molar-refractivity contribution in [3.63, 3.8) is 0 Å². The van der Waals surface area contributed by atoms with Gasteiger partial charge in [-0.25, -0.2) is 4.79 Å². The Morgan fingerprint density at radius 3 is 2.93 bits per heavy atom. The van der Waals surface area contributed by atoms with Crippen molar-refractivity contribution in [2.24, 2.45) is 5.73 Å². The molecule has 0 saturated carbocycles. The Morgan fingerprint density at radius 1 is 1.60 bits per heavy atom. The number of hydrogen-bond acceptors (Lipinski definition) is 5. The zero-order valence-corrected chi connectivity index (χ0v) is 8.05. The number of carbonyl (C=O) groups is 1. The molecule has 2 heterocycles. The summed E-state index contributed by atoms with van der Waals surface area (Å²) in [5.41, 5.74) is 4.53. The lowest BCUT2D eigenvalue weighted by molar-refractivity contribution is 0.100. The standard InChI is InChI=1S/C6H5ClN6O2/c7-2-12-6(15)13-5(10-11-12)3(1-9-13)4(8)14/h1H,2H2,(H2,8,14). The summed E-state index contributed by atoms with van der Waals surface area (Å²) in [6.45, 7) is 0. The second-order valence-corrected chi connectivity index (χ2v) is 2.89. The maximum Gasteiger partial charge on any atom is 0.369 e. The van der Waals surface area contributed by atoms with Crippen molar-refractivity contribution in [3.05, 3.63) is 22.2 Å². The first-order valence-corrected chi connectivity index (χ1v) is 4.36. The number of hydrogen-bond donors (Lipinski definition) is 1. The van der Waals surface area contributed by atoms with Crippen molar-refractivity contribution in [2.75, 3.05) is 0 Å². The van der Waals surface area contributed by atoms with Crippen molar-refractivity contribution >= 4 is 23.2 Å². The van der Waals surface area contributed by atoms with Gasteiger partial charge in [-0.1, -0.05) is 5.21 Å². The van der Waals surface area contributed by atoms with Crippen LogP contribution in [0.1, 0.15) is 10.4 Å². The molecule has 0 aliphatic rings. The number of nitrogens with two attached hydrogens (primary N) is 1. The topological polar surface area (TPSA) is 108 Å². The van der Waals surface area contributed by atoms with Crippen LogP contribution in [0.4, 0.5) is 0 Å². The van der Waals surface area contributed by atoms with Crippen LogP contribution in [0.25, 0.3) is 5.65 Å². The van der Waals surface area contributed by atoms with Crippen LogP contribution in [0.2, 0.25) is 0 Å². The molecular weight excluding hydrogens is 224 g/mol. The Morgan fingerprint density at radius 2 is 2.33 bits per heavy atom. The molecule has 9 heteroatoms. The summed E-state index contributed by atoms with van der Waals surface area (Å²) in [7, 11) is 0. The zero-order chi connectivity index (χ0) is 11.0. The number of halogens is 1. The van der Waals surface area contributed by atoms with Crippen LogP contribution in [-0.4, -0.2) is 30.5 Å². The van der Waals surface area contributed by atoms with E-state index in [1.54, 1.807) is 0 Å². The van der Waals surface area contributed by atoms with Crippen LogP contribution < -0.4 is 11.4 Å². The van der Waals surface area contributed by atoms with Crippen LogP contribution in [0.15, 0.2) is 11.0 Å². The summed E-state index contributed by atoms with van der Waals surface area (Å²) in [6, 6.07) is -0.145. The van der Waals surface area contributed by atoms with Crippen LogP contribution in [-0.2, 0) is 6.00 Å². The fraction of sp³-hybridized carbons (Fsp3) is 0.167. The minimum Gasteiger partial charge on any atom is -0.365 e. The van der Waals surface area contributed by atoms with Gasteiger partial charge in [-0.2, -0.15) is 14.3 Å². The second kappa shape index (κ2) is 3.31. The fourth-order valence-corrected chi connectivity index (χ4v) is 1.22. The summed E-state index contributed by atoms with van der Waals surface area (Å²) >= 11 is 5.43. The van der Waals surface area contributed by atoms with Gasteiger partial charge in [0.1, 0.15) is 11.6 Å². The van der Waals surface area contributed by atoms with Gasteiger partial charge in [0.25, 0.3) is 5.91 Å². The number of fused-ring (bicyclic) bond motifs is 1. The van der Waals surface area contributed by atoms with E-state index in [1.807, 2.05) is 0 Å². The van der Waals surface area contributed by atoms with Gasteiger partial charge in [0.2, 0.25) is 0 Å². The molecule has 15 heavy (non-hydrogen) atoms. The lowest BCUT2D eigenvalue weighted by atomic mass is 10.3. The van der Waals surface area contributed by atoms with E-state index in [0.717, 1.165) is 15.4 Å². The summed E-state index contributed by atoms with van der Waals surface area (Å²) in [6.07, 6.45) is 1.16. The molecule has 0 radical (unpaired) electrons. The monoisotopic (exact) mass is 228 g/mol. The highest BCUT2D eigenvalue weighted by molar-refractivity contribution is 6.15. The Labute approximate surface area is 87.2 Å². The Kier molecular flexibility index (Phi) is 2.12. The molecule has 0 spiro atoms. The van der Waals surface area contributed by atoms with E-state index < -0.39 is 11.6 Å². The summed E-state index contributed by atoms with van der Waals surface area (Å²) in [4.78, 5) is 22.4. The minimum absolute atomic E-state index is 0.0221. The quantitative estimate of drug-likeness (QED) is 0.635. The SMILES string of the molecule is NC(=O)c1cnn2c(=O)n(CCl)nnc12. The van der Waals surface area contributed by atoms with Crippen molar-refractivity contribution in [2.45, 2.75) is 6.00 Å². The third kappa shape index (κ3) is 1.34. The van der Waals surface area contributed by atoms with Gasteiger partial charge >= 0.3 is 5.69 Å². The first kappa shape index (κ1) is 9.59. The highest BCUT2D eigenvalue weighted by Gasteiger charge is 2.14. The van der Waals surface area contributed by atoms with Crippen LogP contribution in [0.3, 0.4) is 0 Å². The van der Waals surface area contributed by atoms with Crippen LogP contribution in [0.5, 0.6) is 0 Å². The molecular formula is C6H5ClN6O2. The normalized spacial score (nSPS) is 10.7. The zero-order valence-electron chi connectivity index (χ0n) is 7.29. The molecule has 78 valence electrons. The Bertz CT molecular complexity index is 587. The molecule has 0 aromatic carbocycles. The first-order valence-electron chi connectivity index (χ1n) is 3.82. The molecule has 1 amide bonds. The van der Waals surface area contributed by atoms with Gasteiger partial charge in [-0.15, -0.1) is 16.7 Å². The van der Waals surface area contributed by atoms with E-state index in [1.165, 1.54) is 0 Å². The average molecular weight is 229 g/mol. The maximum absolute atomic E-state index is 11.5. The molecule has 2 rings (SSSR count). The van der Waals surface area contributed by atoms with Gasteiger partial charge < -0.3 is 5.73 Å². The third-order valence-corrected chi connectivity index (χ3v) is 2.00. The molecule has 0 aliphatic carbocycles. The molecule has 2 aromatic rings. The lowest BCUT2D eigenvalue weighted by Gasteiger charge is -1.97. The van der Waals surface area contributed by atoms with Crippen molar-refractivity contribution in [3.8, 4) is 0 Å². The van der Waals surface area contributed by atoms with Crippen molar-refractivity contribution in [1.29, 1.82) is 0 Å². The molecule has 0 saturated heterocycles. The largest absolute Gasteiger partial charge is 0.369 e. The van der Waals surface area contributed by atoms with E-state index in [9.17, 15) is 9.59 Å².